The summed E-state index contributed by atoms with van der Waals surface area (Å²) in [6, 6.07) is 7.94. The topological polar surface area (TPSA) is 26.0 Å². The van der Waals surface area contributed by atoms with Gasteiger partial charge in [0.15, 0.2) is 0 Å². The monoisotopic (exact) mass is 237 g/mol. The van der Waals surface area contributed by atoms with Gasteiger partial charge in [0.1, 0.15) is 12.0 Å². The van der Waals surface area contributed by atoms with Crippen LogP contribution >= 0.6 is 15.9 Å². The molecular formula is C10H8BrNO. The van der Waals surface area contributed by atoms with E-state index in [2.05, 4.69) is 34.1 Å². The molecule has 2 nitrogen and oxygen atoms in total. The van der Waals surface area contributed by atoms with Crippen molar-refractivity contribution in [3.05, 3.63) is 40.6 Å². The number of nitrogens with zero attached hydrogens (tertiary/aromatic N) is 1. The van der Waals surface area contributed by atoms with E-state index >= 15 is 0 Å². The summed E-state index contributed by atoms with van der Waals surface area (Å²) in [6.07, 6.45) is 1.58. The second kappa shape index (κ2) is 3.34. The second-order valence-electron chi connectivity index (χ2n) is 2.84. The third-order valence-corrected chi connectivity index (χ3v) is 2.40. The molecule has 0 fully saturated rings. The maximum Gasteiger partial charge on any atom is 0.124 e. The number of halogens is 1. The Morgan fingerprint density at radius 2 is 2.15 bits per heavy atom. The molecule has 0 aliphatic rings. The van der Waals surface area contributed by atoms with Gasteiger partial charge >= 0.3 is 0 Å². The van der Waals surface area contributed by atoms with E-state index in [0.717, 1.165) is 15.7 Å². The Morgan fingerprint density at radius 3 is 2.77 bits per heavy atom. The maximum absolute atomic E-state index is 4.79. The van der Waals surface area contributed by atoms with Gasteiger partial charge in [-0.15, -0.1) is 0 Å². The van der Waals surface area contributed by atoms with Crippen molar-refractivity contribution in [3.8, 4) is 11.3 Å². The SMILES string of the molecule is Cc1cc(Br)ccc1-c1ccon1. The largest absolute Gasteiger partial charge is 0.364 e. The van der Waals surface area contributed by atoms with Gasteiger partial charge in [-0.1, -0.05) is 27.2 Å². The van der Waals surface area contributed by atoms with E-state index in [1.807, 2.05) is 18.2 Å². The molecule has 0 bridgehead atoms. The molecule has 0 saturated heterocycles. The number of hydrogen-bond acceptors (Lipinski definition) is 2. The maximum atomic E-state index is 4.79. The van der Waals surface area contributed by atoms with Gasteiger partial charge in [0, 0.05) is 16.1 Å². The molecule has 3 heteroatoms. The average molecular weight is 238 g/mol. The van der Waals surface area contributed by atoms with Gasteiger partial charge in [-0.25, -0.2) is 0 Å². The van der Waals surface area contributed by atoms with Gasteiger partial charge in [0.25, 0.3) is 0 Å². The molecule has 0 atom stereocenters. The summed E-state index contributed by atoms with van der Waals surface area (Å²) in [5.74, 6) is 0. The number of benzene rings is 1. The molecule has 0 aliphatic heterocycles. The Hall–Kier alpha value is -1.09. The van der Waals surface area contributed by atoms with Crippen LogP contribution in [0.3, 0.4) is 0 Å². The minimum absolute atomic E-state index is 0.880. The minimum atomic E-state index is 0.880. The normalized spacial score (nSPS) is 10.3. The number of hydrogen-bond donors (Lipinski definition) is 0. The van der Waals surface area contributed by atoms with Crippen molar-refractivity contribution in [2.24, 2.45) is 0 Å². The van der Waals surface area contributed by atoms with E-state index in [1.54, 1.807) is 6.26 Å². The van der Waals surface area contributed by atoms with Gasteiger partial charge < -0.3 is 4.52 Å². The molecule has 1 heterocycles. The Kier molecular flexibility index (Phi) is 2.19. The Bertz CT molecular complexity index is 409. The highest BCUT2D eigenvalue weighted by molar-refractivity contribution is 9.10. The molecule has 0 N–H and O–H groups in total. The molecule has 2 rings (SSSR count). The molecule has 0 radical (unpaired) electrons. The average Bonchev–Trinajstić information content (AvgIpc) is 2.56. The van der Waals surface area contributed by atoms with Crippen molar-refractivity contribution in [1.82, 2.24) is 5.16 Å². The van der Waals surface area contributed by atoms with E-state index in [4.69, 9.17) is 4.52 Å². The lowest BCUT2D eigenvalue weighted by atomic mass is 10.1. The lowest BCUT2D eigenvalue weighted by molar-refractivity contribution is 0.422. The zero-order valence-electron chi connectivity index (χ0n) is 7.12. The molecule has 2 aromatic rings. The van der Waals surface area contributed by atoms with Crippen LogP contribution in [0.5, 0.6) is 0 Å². The zero-order chi connectivity index (χ0) is 9.26. The molecule has 66 valence electrons. The standard InChI is InChI=1S/C10H8BrNO/c1-7-6-8(11)2-3-9(7)10-4-5-13-12-10/h2-6H,1H3. The molecule has 1 aromatic carbocycles. The van der Waals surface area contributed by atoms with Crippen LogP contribution in [0.15, 0.2) is 39.5 Å². The molecule has 0 aliphatic carbocycles. The first-order valence-corrected chi connectivity index (χ1v) is 4.73. The summed E-state index contributed by atoms with van der Waals surface area (Å²) < 4.78 is 5.87. The van der Waals surface area contributed by atoms with Crippen molar-refractivity contribution in [2.45, 2.75) is 6.92 Å². The van der Waals surface area contributed by atoms with Crippen LogP contribution < -0.4 is 0 Å². The Balaban J connectivity index is 2.53. The quantitative estimate of drug-likeness (QED) is 0.760. The van der Waals surface area contributed by atoms with E-state index in [-0.39, 0.29) is 0 Å². The number of rotatable bonds is 1. The predicted molar refractivity (Wildman–Crippen MR) is 54.4 cm³/mol. The van der Waals surface area contributed by atoms with Gasteiger partial charge in [-0.05, 0) is 24.6 Å². The molecule has 0 amide bonds. The summed E-state index contributed by atoms with van der Waals surface area (Å²) in [6.45, 7) is 2.05. The highest BCUT2D eigenvalue weighted by atomic mass is 79.9. The molecule has 0 saturated carbocycles. The van der Waals surface area contributed by atoms with Crippen LogP contribution in [0.25, 0.3) is 11.3 Å². The van der Waals surface area contributed by atoms with Crippen LogP contribution in [0, 0.1) is 6.92 Å². The van der Waals surface area contributed by atoms with Crippen LogP contribution in [0.4, 0.5) is 0 Å². The molecule has 13 heavy (non-hydrogen) atoms. The van der Waals surface area contributed by atoms with E-state index in [1.165, 1.54) is 5.56 Å². The lowest BCUT2D eigenvalue weighted by Crippen LogP contribution is -1.82. The van der Waals surface area contributed by atoms with Crippen LogP contribution in [0.2, 0.25) is 0 Å². The predicted octanol–water partition coefficient (Wildman–Crippen LogP) is 3.41. The van der Waals surface area contributed by atoms with Gasteiger partial charge in [-0.2, -0.15) is 0 Å². The minimum Gasteiger partial charge on any atom is -0.364 e. The van der Waals surface area contributed by atoms with Crippen molar-refractivity contribution in [3.63, 3.8) is 0 Å². The summed E-state index contributed by atoms with van der Waals surface area (Å²) in [5, 5.41) is 3.89. The Labute approximate surface area is 84.7 Å². The zero-order valence-corrected chi connectivity index (χ0v) is 8.71. The van der Waals surface area contributed by atoms with Crippen molar-refractivity contribution >= 4 is 15.9 Å². The fraction of sp³-hybridized carbons (Fsp3) is 0.100. The molecule has 0 unspecified atom stereocenters. The van der Waals surface area contributed by atoms with Crippen LogP contribution in [-0.2, 0) is 0 Å². The van der Waals surface area contributed by atoms with E-state index in [0.29, 0.717) is 0 Å². The van der Waals surface area contributed by atoms with E-state index < -0.39 is 0 Å². The van der Waals surface area contributed by atoms with Crippen LogP contribution in [0.1, 0.15) is 5.56 Å². The van der Waals surface area contributed by atoms with Gasteiger partial charge in [-0.3, -0.25) is 0 Å². The molecule has 0 spiro atoms. The van der Waals surface area contributed by atoms with Crippen LogP contribution in [-0.4, -0.2) is 5.16 Å². The fourth-order valence-electron chi connectivity index (χ4n) is 1.27. The Morgan fingerprint density at radius 1 is 1.31 bits per heavy atom. The summed E-state index contributed by atoms with van der Waals surface area (Å²) >= 11 is 3.42. The third kappa shape index (κ3) is 1.65. The summed E-state index contributed by atoms with van der Waals surface area (Å²) in [4.78, 5) is 0. The lowest BCUT2D eigenvalue weighted by Gasteiger charge is -2.01. The first kappa shape index (κ1) is 8.51. The van der Waals surface area contributed by atoms with Gasteiger partial charge in [0.2, 0.25) is 0 Å². The summed E-state index contributed by atoms with van der Waals surface area (Å²) in [7, 11) is 0. The fourth-order valence-corrected chi connectivity index (χ4v) is 1.74. The number of aryl methyl sites for hydroxylation is 1. The second-order valence-corrected chi connectivity index (χ2v) is 3.76. The highest BCUT2D eigenvalue weighted by Gasteiger charge is 2.04. The third-order valence-electron chi connectivity index (χ3n) is 1.90. The van der Waals surface area contributed by atoms with Crippen molar-refractivity contribution in [2.75, 3.05) is 0 Å². The summed E-state index contributed by atoms with van der Waals surface area (Å²) in [5.41, 5.74) is 3.17. The highest BCUT2D eigenvalue weighted by Crippen LogP contribution is 2.24. The van der Waals surface area contributed by atoms with Crippen molar-refractivity contribution < 1.29 is 4.52 Å². The van der Waals surface area contributed by atoms with E-state index in [9.17, 15) is 0 Å². The first-order valence-electron chi connectivity index (χ1n) is 3.94. The van der Waals surface area contributed by atoms with Gasteiger partial charge in [0.05, 0.1) is 0 Å². The molecular weight excluding hydrogens is 230 g/mol. The smallest absolute Gasteiger partial charge is 0.124 e. The van der Waals surface area contributed by atoms with Crippen molar-refractivity contribution in [1.29, 1.82) is 0 Å². The molecule has 1 aromatic heterocycles. The first-order chi connectivity index (χ1) is 6.27. The number of aromatic nitrogens is 1.